The van der Waals surface area contributed by atoms with Gasteiger partial charge in [0.15, 0.2) is 0 Å². The molecule has 0 saturated heterocycles. The maximum atomic E-state index is 10.6. The number of nitrogens with zero attached hydrogens (tertiary/aromatic N) is 1. The first-order chi connectivity index (χ1) is 9.70. The van der Waals surface area contributed by atoms with E-state index in [0.29, 0.717) is 0 Å². The third kappa shape index (κ3) is 3.86. The zero-order valence-corrected chi connectivity index (χ0v) is 12.1. The van der Waals surface area contributed by atoms with Crippen molar-refractivity contribution in [3.63, 3.8) is 0 Å². The maximum absolute atomic E-state index is 10.6. The van der Waals surface area contributed by atoms with E-state index >= 15 is 0 Å². The molecular formula is C17H23NO2. The van der Waals surface area contributed by atoms with Gasteiger partial charge in [-0.05, 0) is 48.6 Å². The molecule has 1 aromatic rings. The van der Waals surface area contributed by atoms with Gasteiger partial charge in [-0.3, -0.25) is 0 Å². The monoisotopic (exact) mass is 273 g/mol. The van der Waals surface area contributed by atoms with Gasteiger partial charge in [0.25, 0.3) is 0 Å². The molecule has 0 spiro atoms. The van der Waals surface area contributed by atoms with Gasteiger partial charge in [0.2, 0.25) is 0 Å². The summed E-state index contributed by atoms with van der Waals surface area (Å²) in [5.74, 6) is -0.899. The Kier molecular flexibility index (Phi) is 5.22. The van der Waals surface area contributed by atoms with Crippen molar-refractivity contribution >= 4 is 17.7 Å². The maximum Gasteiger partial charge on any atom is 0.328 e. The Bertz CT molecular complexity index is 494. The van der Waals surface area contributed by atoms with Crippen LogP contribution in [0.25, 0.3) is 6.08 Å². The number of benzene rings is 1. The Morgan fingerprint density at radius 1 is 1.40 bits per heavy atom. The SMILES string of the molecule is CCCCCN1CCCc2cc(/C=C/C(=O)O)ccc21. The van der Waals surface area contributed by atoms with Crippen LogP contribution < -0.4 is 4.90 Å². The molecule has 0 fully saturated rings. The summed E-state index contributed by atoms with van der Waals surface area (Å²) in [5.41, 5.74) is 3.65. The second kappa shape index (κ2) is 7.13. The number of rotatable bonds is 6. The van der Waals surface area contributed by atoms with Crippen LogP contribution in [0.15, 0.2) is 24.3 Å². The van der Waals surface area contributed by atoms with Crippen LogP contribution in [0.1, 0.15) is 43.7 Å². The van der Waals surface area contributed by atoms with Crippen LogP contribution in [0.5, 0.6) is 0 Å². The van der Waals surface area contributed by atoms with Crippen molar-refractivity contribution in [1.82, 2.24) is 0 Å². The summed E-state index contributed by atoms with van der Waals surface area (Å²) < 4.78 is 0. The van der Waals surface area contributed by atoms with E-state index in [0.717, 1.165) is 25.1 Å². The van der Waals surface area contributed by atoms with Gasteiger partial charge in [-0.2, -0.15) is 0 Å². The molecule has 1 N–H and O–H groups in total. The lowest BCUT2D eigenvalue weighted by molar-refractivity contribution is -0.131. The minimum Gasteiger partial charge on any atom is -0.478 e. The fourth-order valence-corrected chi connectivity index (χ4v) is 2.75. The lowest BCUT2D eigenvalue weighted by Gasteiger charge is -2.31. The van der Waals surface area contributed by atoms with Gasteiger partial charge in [-0.25, -0.2) is 4.79 Å². The highest BCUT2D eigenvalue weighted by molar-refractivity contribution is 5.85. The molecule has 0 bridgehead atoms. The molecule has 20 heavy (non-hydrogen) atoms. The van der Waals surface area contributed by atoms with Crippen molar-refractivity contribution in [1.29, 1.82) is 0 Å². The van der Waals surface area contributed by atoms with Gasteiger partial charge < -0.3 is 10.0 Å². The zero-order chi connectivity index (χ0) is 14.4. The van der Waals surface area contributed by atoms with Crippen LogP contribution in [0.2, 0.25) is 0 Å². The second-order valence-electron chi connectivity index (χ2n) is 5.36. The Balaban J connectivity index is 2.11. The predicted molar refractivity (Wildman–Crippen MR) is 83.2 cm³/mol. The molecule has 3 nitrogen and oxygen atoms in total. The number of anilines is 1. The van der Waals surface area contributed by atoms with Crippen molar-refractivity contribution in [2.24, 2.45) is 0 Å². The molecule has 1 heterocycles. The number of carbonyl (C=O) groups is 1. The molecule has 0 amide bonds. The normalized spacial score (nSPS) is 14.6. The molecule has 0 atom stereocenters. The fraction of sp³-hybridized carbons (Fsp3) is 0.471. The number of unbranched alkanes of at least 4 members (excludes halogenated alkanes) is 2. The standard InChI is InChI=1S/C17H23NO2/c1-2-3-4-11-18-12-5-6-15-13-14(7-9-16(15)18)8-10-17(19)20/h7-10,13H,2-6,11-12H2,1H3,(H,19,20)/b10-8+. The highest BCUT2D eigenvalue weighted by atomic mass is 16.4. The van der Waals surface area contributed by atoms with Gasteiger partial charge >= 0.3 is 5.97 Å². The van der Waals surface area contributed by atoms with E-state index in [1.807, 2.05) is 6.07 Å². The van der Waals surface area contributed by atoms with Crippen LogP contribution >= 0.6 is 0 Å². The Labute approximate surface area is 120 Å². The average molecular weight is 273 g/mol. The highest BCUT2D eigenvalue weighted by Gasteiger charge is 2.16. The zero-order valence-electron chi connectivity index (χ0n) is 12.1. The van der Waals surface area contributed by atoms with E-state index in [2.05, 4.69) is 24.0 Å². The molecule has 2 rings (SSSR count). The Morgan fingerprint density at radius 2 is 2.25 bits per heavy atom. The average Bonchev–Trinajstić information content (AvgIpc) is 2.45. The van der Waals surface area contributed by atoms with Crippen molar-refractivity contribution in [2.75, 3.05) is 18.0 Å². The van der Waals surface area contributed by atoms with E-state index < -0.39 is 5.97 Å². The number of fused-ring (bicyclic) bond motifs is 1. The van der Waals surface area contributed by atoms with Crippen LogP contribution in [-0.4, -0.2) is 24.2 Å². The molecule has 3 heteroatoms. The molecule has 108 valence electrons. The first kappa shape index (κ1) is 14.6. The Morgan fingerprint density at radius 3 is 3.00 bits per heavy atom. The van der Waals surface area contributed by atoms with Crippen LogP contribution in [0.3, 0.4) is 0 Å². The smallest absolute Gasteiger partial charge is 0.328 e. The van der Waals surface area contributed by atoms with Gasteiger partial charge in [-0.15, -0.1) is 0 Å². The summed E-state index contributed by atoms with van der Waals surface area (Å²) in [5, 5.41) is 8.68. The second-order valence-corrected chi connectivity index (χ2v) is 5.36. The molecule has 1 aliphatic rings. The Hall–Kier alpha value is -1.77. The van der Waals surface area contributed by atoms with E-state index in [1.54, 1.807) is 6.08 Å². The molecule has 0 aromatic heterocycles. The first-order valence-electron chi connectivity index (χ1n) is 7.49. The summed E-state index contributed by atoms with van der Waals surface area (Å²) in [7, 11) is 0. The lowest BCUT2D eigenvalue weighted by atomic mass is 9.98. The molecule has 0 aliphatic carbocycles. The number of aliphatic carboxylic acids is 1. The highest BCUT2D eigenvalue weighted by Crippen LogP contribution is 2.28. The van der Waals surface area contributed by atoms with Crippen molar-refractivity contribution in [3.05, 3.63) is 35.4 Å². The van der Waals surface area contributed by atoms with E-state index in [4.69, 9.17) is 5.11 Å². The van der Waals surface area contributed by atoms with Crippen molar-refractivity contribution in [3.8, 4) is 0 Å². The van der Waals surface area contributed by atoms with Gasteiger partial charge in [0.1, 0.15) is 0 Å². The summed E-state index contributed by atoms with van der Waals surface area (Å²) in [6, 6.07) is 6.28. The minimum atomic E-state index is -0.899. The van der Waals surface area contributed by atoms with Crippen molar-refractivity contribution < 1.29 is 9.90 Å². The number of carboxylic acids is 1. The van der Waals surface area contributed by atoms with Gasteiger partial charge in [-0.1, -0.05) is 25.8 Å². The number of hydrogen-bond acceptors (Lipinski definition) is 2. The topological polar surface area (TPSA) is 40.5 Å². The summed E-state index contributed by atoms with van der Waals surface area (Å²) in [6.45, 7) is 4.50. The van der Waals surface area contributed by atoms with Crippen LogP contribution in [-0.2, 0) is 11.2 Å². The number of carboxylic acid groups (broad SMARTS) is 1. The molecule has 0 saturated carbocycles. The first-order valence-corrected chi connectivity index (χ1v) is 7.49. The number of aryl methyl sites for hydroxylation is 1. The fourth-order valence-electron chi connectivity index (χ4n) is 2.75. The minimum absolute atomic E-state index is 0.899. The van der Waals surface area contributed by atoms with Crippen LogP contribution in [0.4, 0.5) is 5.69 Å². The van der Waals surface area contributed by atoms with Gasteiger partial charge in [0.05, 0.1) is 0 Å². The van der Waals surface area contributed by atoms with Crippen LogP contribution in [0, 0.1) is 0 Å². The van der Waals surface area contributed by atoms with E-state index in [1.165, 1.54) is 43.0 Å². The summed E-state index contributed by atoms with van der Waals surface area (Å²) >= 11 is 0. The van der Waals surface area contributed by atoms with Gasteiger partial charge in [0, 0.05) is 24.9 Å². The summed E-state index contributed by atoms with van der Waals surface area (Å²) in [6.07, 6.45) is 8.92. The molecule has 1 aromatic carbocycles. The third-order valence-electron chi connectivity index (χ3n) is 3.77. The van der Waals surface area contributed by atoms with E-state index in [9.17, 15) is 4.79 Å². The number of hydrogen-bond donors (Lipinski definition) is 1. The quantitative estimate of drug-likeness (QED) is 0.634. The predicted octanol–water partition coefficient (Wildman–Crippen LogP) is 3.73. The van der Waals surface area contributed by atoms with Crippen molar-refractivity contribution in [2.45, 2.75) is 39.0 Å². The third-order valence-corrected chi connectivity index (χ3v) is 3.77. The largest absolute Gasteiger partial charge is 0.478 e. The molecule has 1 aliphatic heterocycles. The molecule has 0 radical (unpaired) electrons. The molecule has 0 unspecified atom stereocenters. The summed E-state index contributed by atoms with van der Waals surface area (Å²) in [4.78, 5) is 13.0. The lowest BCUT2D eigenvalue weighted by Crippen LogP contribution is -2.30. The van der Waals surface area contributed by atoms with E-state index in [-0.39, 0.29) is 0 Å². The molecular weight excluding hydrogens is 250 g/mol.